The summed E-state index contributed by atoms with van der Waals surface area (Å²) in [5.41, 5.74) is -1.44. The van der Waals surface area contributed by atoms with E-state index in [4.69, 9.17) is 11.6 Å². The van der Waals surface area contributed by atoms with Crippen molar-refractivity contribution in [2.45, 2.75) is 6.18 Å². The fourth-order valence-corrected chi connectivity index (χ4v) is 0.978. The summed E-state index contributed by atoms with van der Waals surface area (Å²) in [6, 6.07) is 3.59. The highest BCUT2D eigenvalue weighted by Crippen LogP contribution is 2.35. The van der Waals surface area contributed by atoms with Crippen LogP contribution in [0.25, 0.3) is 0 Å². The first-order valence-electron chi connectivity index (χ1n) is 2.85. The molecule has 0 heterocycles. The van der Waals surface area contributed by atoms with Crippen molar-refractivity contribution in [3.05, 3.63) is 34.6 Å². The van der Waals surface area contributed by atoms with Crippen molar-refractivity contribution in [2.24, 2.45) is 0 Å². The number of rotatable bonds is 0. The molecule has 0 amide bonds. The summed E-state index contributed by atoms with van der Waals surface area (Å²) in [5.74, 6) is -1.41. The van der Waals surface area contributed by atoms with Crippen LogP contribution in [0.4, 0.5) is 17.6 Å². The molecule has 12 heavy (non-hydrogen) atoms. The molecule has 0 bridgehead atoms. The predicted molar refractivity (Wildman–Crippen MR) is 35.2 cm³/mol. The molecule has 0 aromatic heterocycles. The van der Waals surface area contributed by atoms with Crippen molar-refractivity contribution in [1.82, 2.24) is 0 Å². The first-order valence-corrected chi connectivity index (χ1v) is 3.23. The van der Waals surface area contributed by atoms with Gasteiger partial charge < -0.3 is 0 Å². The molecular formula is C7H2ClF4. The van der Waals surface area contributed by atoms with E-state index in [9.17, 15) is 17.6 Å². The zero-order valence-electron chi connectivity index (χ0n) is 5.54. The largest absolute Gasteiger partial charge is 0.420 e. The van der Waals surface area contributed by atoms with Gasteiger partial charge in [0.2, 0.25) is 0 Å². The number of hydrogen-bond acceptors (Lipinski definition) is 0. The fourth-order valence-electron chi connectivity index (χ4n) is 0.717. The summed E-state index contributed by atoms with van der Waals surface area (Å²) in [6.45, 7) is 0. The third-order valence-corrected chi connectivity index (χ3v) is 1.48. The van der Waals surface area contributed by atoms with Gasteiger partial charge in [-0.3, -0.25) is 0 Å². The maximum absolute atomic E-state index is 12.5. The second-order valence-corrected chi connectivity index (χ2v) is 2.43. The van der Waals surface area contributed by atoms with Crippen molar-refractivity contribution in [3.8, 4) is 0 Å². The lowest BCUT2D eigenvalue weighted by atomic mass is 10.2. The maximum atomic E-state index is 12.5. The second-order valence-electron chi connectivity index (χ2n) is 2.02. The van der Waals surface area contributed by atoms with Crippen LogP contribution in [0.3, 0.4) is 0 Å². The van der Waals surface area contributed by atoms with E-state index in [1.807, 2.05) is 0 Å². The molecule has 1 rings (SSSR count). The van der Waals surface area contributed by atoms with Crippen LogP contribution in [0, 0.1) is 11.9 Å². The average Bonchev–Trinajstić information content (AvgIpc) is 1.82. The minimum absolute atomic E-state index is 0.592. The van der Waals surface area contributed by atoms with Gasteiger partial charge in [-0.1, -0.05) is 11.6 Å². The van der Waals surface area contributed by atoms with Crippen LogP contribution in [-0.2, 0) is 6.18 Å². The highest BCUT2D eigenvalue weighted by atomic mass is 35.5. The van der Waals surface area contributed by atoms with Gasteiger partial charge in [0.1, 0.15) is 11.4 Å². The van der Waals surface area contributed by atoms with E-state index in [-0.39, 0.29) is 0 Å². The van der Waals surface area contributed by atoms with E-state index in [1.165, 1.54) is 0 Å². The molecule has 0 N–H and O–H groups in total. The van der Waals surface area contributed by atoms with Crippen LogP contribution in [0.5, 0.6) is 0 Å². The molecule has 1 radical (unpaired) electrons. The van der Waals surface area contributed by atoms with Crippen molar-refractivity contribution >= 4 is 11.6 Å². The zero-order chi connectivity index (χ0) is 9.35. The molecule has 0 aliphatic heterocycles. The molecule has 0 saturated heterocycles. The topological polar surface area (TPSA) is 0 Å². The number of benzene rings is 1. The minimum atomic E-state index is -4.75. The maximum Gasteiger partial charge on any atom is 0.420 e. The Kier molecular flexibility index (Phi) is 2.28. The Labute approximate surface area is 70.8 Å². The second kappa shape index (κ2) is 2.94. The highest BCUT2D eigenvalue weighted by molar-refractivity contribution is 6.31. The van der Waals surface area contributed by atoms with Crippen molar-refractivity contribution < 1.29 is 17.6 Å². The third-order valence-electron chi connectivity index (χ3n) is 1.18. The van der Waals surface area contributed by atoms with Gasteiger partial charge in [0.15, 0.2) is 0 Å². The van der Waals surface area contributed by atoms with E-state index in [0.717, 1.165) is 6.07 Å². The first kappa shape index (κ1) is 9.32. The lowest BCUT2D eigenvalue weighted by Gasteiger charge is -2.08. The predicted octanol–water partition coefficient (Wildman–Crippen LogP) is 3.30. The molecule has 0 spiro atoms. The standard InChI is InChI=1S/C7H2ClF4/c8-4-2-1-3-5(9)6(4)7(10,11)12/h2-3H. The SMILES string of the molecule is Fc1c[c]cc(Cl)c1C(F)(F)F. The van der Waals surface area contributed by atoms with E-state index in [0.29, 0.717) is 6.07 Å². The molecule has 0 atom stereocenters. The van der Waals surface area contributed by atoms with Gasteiger partial charge in [-0.05, 0) is 18.2 Å². The zero-order valence-corrected chi connectivity index (χ0v) is 6.30. The molecule has 0 saturated carbocycles. The number of hydrogen-bond donors (Lipinski definition) is 0. The summed E-state index contributed by atoms with van der Waals surface area (Å²) < 4.78 is 48.4. The van der Waals surface area contributed by atoms with Crippen molar-refractivity contribution in [1.29, 1.82) is 0 Å². The highest BCUT2D eigenvalue weighted by Gasteiger charge is 2.36. The Bertz CT molecular complexity index is 272. The van der Waals surface area contributed by atoms with E-state index < -0.39 is 22.6 Å². The fraction of sp³-hybridized carbons (Fsp3) is 0.143. The molecule has 0 aliphatic rings. The van der Waals surface area contributed by atoms with Gasteiger partial charge >= 0.3 is 6.18 Å². The van der Waals surface area contributed by atoms with Gasteiger partial charge in [-0.25, -0.2) is 4.39 Å². The van der Waals surface area contributed by atoms with Crippen LogP contribution >= 0.6 is 11.6 Å². The Morgan fingerprint density at radius 2 is 1.83 bits per heavy atom. The molecule has 0 nitrogen and oxygen atoms in total. The summed E-state index contributed by atoms with van der Waals surface area (Å²) in [7, 11) is 0. The molecule has 65 valence electrons. The molecule has 1 aromatic carbocycles. The minimum Gasteiger partial charge on any atom is -0.206 e. The van der Waals surface area contributed by atoms with Crippen LogP contribution in [0.15, 0.2) is 12.1 Å². The van der Waals surface area contributed by atoms with Crippen molar-refractivity contribution in [2.75, 3.05) is 0 Å². The Morgan fingerprint density at radius 1 is 1.25 bits per heavy atom. The quantitative estimate of drug-likeness (QED) is 0.560. The van der Waals surface area contributed by atoms with E-state index >= 15 is 0 Å². The van der Waals surface area contributed by atoms with Gasteiger partial charge in [-0.15, -0.1) is 0 Å². The lowest BCUT2D eigenvalue weighted by Crippen LogP contribution is -2.08. The molecule has 1 aromatic rings. The van der Waals surface area contributed by atoms with Crippen LogP contribution in [0.2, 0.25) is 5.02 Å². The van der Waals surface area contributed by atoms with E-state index in [2.05, 4.69) is 6.07 Å². The van der Waals surface area contributed by atoms with Gasteiger partial charge in [0.25, 0.3) is 0 Å². The van der Waals surface area contributed by atoms with Crippen molar-refractivity contribution in [3.63, 3.8) is 0 Å². The normalized spacial score (nSPS) is 11.8. The summed E-state index contributed by atoms with van der Waals surface area (Å²) >= 11 is 5.12. The Balaban J connectivity index is 3.31. The summed E-state index contributed by atoms with van der Waals surface area (Å²) in [4.78, 5) is 0. The van der Waals surface area contributed by atoms with Gasteiger partial charge in [0, 0.05) is 0 Å². The third kappa shape index (κ3) is 1.69. The molecular weight excluding hydrogens is 196 g/mol. The Morgan fingerprint density at radius 3 is 2.17 bits per heavy atom. The van der Waals surface area contributed by atoms with Crippen LogP contribution < -0.4 is 0 Å². The van der Waals surface area contributed by atoms with E-state index in [1.54, 1.807) is 0 Å². The number of alkyl halides is 3. The number of halogens is 5. The Hall–Kier alpha value is -0.770. The first-order chi connectivity index (χ1) is 5.43. The summed E-state index contributed by atoms with van der Waals surface area (Å²) in [6.07, 6.45) is -4.75. The van der Waals surface area contributed by atoms with Crippen LogP contribution in [0.1, 0.15) is 5.56 Å². The summed E-state index contributed by atoms with van der Waals surface area (Å²) in [5, 5.41) is -0.678. The monoisotopic (exact) mass is 197 g/mol. The van der Waals surface area contributed by atoms with Crippen LogP contribution in [-0.4, -0.2) is 0 Å². The lowest BCUT2D eigenvalue weighted by molar-refractivity contribution is -0.139. The van der Waals surface area contributed by atoms with Gasteiger partial charge in [0.05, 0.1) is 5.02 Å². The molecule has 0 fully saturated rings. The molecule has 5 heteroatoms. The molecule has 0 unspecified atom stereocenters. The average molecular weight is 198 g/mol. The molecule has 0 aliphatic carbocycles. The van der Waals surface area contributed by atoms with Gasteiger partial charge in [-0.2, -0.15) is 13.2 Å². The smallest absolute Gasteiger partial charge is 0.206 e.